The molecule has 2 aromatic rings. The van der Waals surface area contributed by atoms with Crippen LogP contribution in [0.1, 0.15) is 18.1 Å². The van der Waals surface area contributed by atoms with Crippen LogP contribution in [0, 0.1) is 0 Å². The summed E-state index contributed by atoms with van der Waals surface area (Å²) in [5.74, 6) is -0.403. The quantitative estimate of drug-likeness (QED) is 0.579. The zero-order valence-electron chi connectivity index (χ0n) is 13.8. The predicted octanol–water partition coefficient (Wildman–Crippen LogP) is 2.78. The van der Waals surface area contributed by atoms with Gasteiger partial charge in [0.15, 0.2) is 0 Å². The van der Waals surface area contributed by atoms with E-state index < -0.39 is 5.97 Å². The Morgan fingerprint density at radius 3 is 2.33 bits per heavy atom. The van der Waals surface area contributed by atoms with E-state index in [-0.39, 0.29) is 12.6 Å². The van der Waals surface area contributed by atoms with Crippen molar-refractivity contribution in [1.82, 2.24) is 5.32 Å². The minimum Gasteiger partial charge on any atom is -0.463 e. The van der Waals surface area contributed by atoms with E-state index >= 15 is 0 Å². The van der Waals surface area contributed by atoms with Crippen LogP contribution in [0.3, 0.4) is 0 Å². The molecule has 4 nitrogen and oxygen atoms in total. The molecule has 0 saturated heterocycles. The molecule has 0 heterocycles. The largest absolute Gasteiger partial charge is 0.463 e. The van der Waals surface area contributed by atoms with Gasteiger partial charge in [-0.15, -0.1) is 0 Å². The fraction of sp³-hybridized carbons (Fsp3) is 0.250. The number of aliphatic hydroxyl groups is 1. The highest BCUT2D eigenvalue weighted by atomic mass is 16.5. The summed E-state index contributed by atoms with van der Waals surface area (Å²) >= 11 is 0. The van der Waals surface area contributed by atoms with Gasteiger partial charge in [-0.05, 0) is 24.5 Å². The van der Waals surface area contributed by atoms with E-state index in [1.54, 1.807) is 6.92 Å². The number of carbonyl (C=O) groups is 1. The minimum atomic E-state index is -0.403. The Kier molecular flexibility index (Phi) is 7.05. The van der Waals surface area contributed by atoms with Crippen molar-refractivity contribution in [3.63, 3.8) is 0 Å². The second-order valence-electron chi connectivity index (χ2n) is 5.39. The maximum Gasteiger partial charge on any atom is 0.332 e. The molecule has 0 aromatic heterocycles. The Morgan fingerprint density at radius 2 is 1.75 bits per heavy atom. The highest BCUT2D eigenvalue weighted by Gasteiger charge is 2.13. The van der Waals surface area contributed by atoms with Gasteiger partial charge in [-0.25, -0.2) is 4.79 Å². The van der Waals surface area contributed by atoms with Gasteiger partial charge in [0.2, 0.25) is 0 Å². The summed E-state index contributed by atoms with van der Waals surface area (Å²) in [6, 6.07) is 19.3. The minimum absolute atomic E-state index is 0.0398. The predicted molar refractivity (Wildman–Crippen MR) is 95.2 cm³/mol. The number of hydrogen-bond donors (Lipinski definition) is 2. The van der Waals surface area contributed by atoms with Crippen LogP contribution >= 0.6 is 0 Å². The summed E-state index contributed by atoms with van der Waals surface area (Å²) < 4.78 is 5.01. The third kappa shape index (κ3) is 5.56. The van der Waals surface area contributed by atoms with Crippen molar-refractivity contribution in [2.24, 2.45) is 0 Å². The van der Waals surface area contributed by atoms with Gasteiger partial charge in [0.05, 0.1) is 19.3 Å². The lowest BCUT2D eigenvalue weighted by atomic mass is 10.0. The average Bonchev–Trinajstić information content (AvgIpc) is 2.62. The summed E-state index contributed by atoms with van der Waals surface area (Å²) in [7, 11) is 0. The molecule has 126 valence electrons. The van der Waals surface area contributed by atoms with E-state index in [1.807, 2.05) is 60.7 Å². The van der Waals surface area contributed by atoms with Crippen molar-refractivity contribution in [2.75, 3.05) is 13.2 Å². The van der Waals surface area contributed by atoms with E-state index in [0.29, 0.717) is 18.7 Å². The number of esters is 1. The van der Waals surface area contributed by atoms with E-state index in [4.69, 9.17) is 4.74 Å². The Morgan fingerprint density at radius 1 is 1.12 bits per heavy atom. The first-order chi connectivity index (χ1) is 11.7. The molecule has 4 heteroatoms. The van der Waals surface area contributed by atoms with Gasteiger partial charge in [-0.1, -0.05) is 60.7 Å². The highest BCUT2D eigenvalue weighted by molar-refractivity contribution is 5.90. The molecule has 0 spiro atoms. The molecule has 2 N–H and O–H groups in total. The van der Waals surface area contributed by atoms with E-state index in [1.165, 1.54) is 6.08 Å². The Hall–Kier alpha value is -2.59. The van der Waals surface area contributed by atoms with Crippen molar-refractivity contribution >= 4 is 11.7 Å². The number of benzene rings is 2. The van der Waals surface area contributed by atoms with Gasteiger partial charge in [-0.2, -0.15) is 0 Å². The van der Waals surface area contributed by atoms with Gasteiger partial charge < -0.3 is 15.2 Å². The Balaban J connectivity index is 2.18. The van der Waals surface area contributed by atoms with Crippen LogP contribution in [-0.2, 0) is 16.0 Å². The monoisotopic (exact) mass is 325 g/mol. The van der Waals surface area contributed by atoms with Crippen molar-refractivity contribution in [3.05, 3.63) is 77.9 Å². The number of rotatable bonds is 8. The molecule has 0 bridgehead atoms. The summed E-state index contributed by atoms with van der Waals surface area (Å²) in [5, 5.41) is 13.0. The van der Waals surface area contributed by atoms with Crippen LogP contribution in [0.25, 0.3) is 5.70 Å². The SMILES string of the molecule is CCOC(=O)/C=C(/NC(CO)Cc1ccccc1)c1ccccc1. The maximum atomic E-state index is 11.9. The first-order valence-electron chi connectivity index (χ1n) is 8.08. The Labute approximate surface area is 142 Å². The average molecular weight is 325 g/mol. The molecule has 0 aliphatic heterocycles. The first kappa shape index (κ1) is 17.8. The number of nitrogens with one attached hydrogen (secondary N) is 1. The van der Waals surface area contributed by atoms with Crippen LogP contribution in [0.5, 0.6) is 0 Å². The lowest BCUT2D eigenvalue weighted by Crippen LogP contribution is -2.33. The lowest BCUT2D eigenvalue weighted by molar-refractivity contribution is -0.137. The lowest BCUT2D eigenvalue weighted by Gasteiger charge is -2.20. The highest BCUT2D eigenvalue weighted by Crippen LogP contribution is 2.14. The maximum absolute atomic E-state index is 11.9. The zero-order chi connectivity index (χ0) is 17.2. The topological polar surface area (TPSA) is 58.6 Å². The van der Waals surface area contributed by atoms with Crippen molar-refractivity contribution < 1.29 is 14.6 Å². The van der Waals surface area contributed by atoms with Crippen LogP contribution in [-0.4, -0.2) is 30.3 Å². The van der Waals surface area contributed by atoms with Crippen molar-refractivity contribution in [2.45, 2.75) is 19.4 Å². The van der Waals surface area contributed by atoms with Gasteiger partial charge in [0, 0.05) is 11.8 Å². The molecule has 1 atom stereocenters. The van der Waals surface area contributed by atoms with Crippen LogP contribution in [0.4, 0.5) is 0 Å². The molecular formula is C20H23NO3. The van der Waals surface area contributed by atoms with Crippen molar-refractivity contribution in [1.29, 1.82) is 0 Å². The molecule has 0 aliphatic rings. The molecular weight excluding hydrogens is 302 g/mol. The van der Waals surface area contributed by atoms with Crippen molar-refractivity contribution in [3.8, 4) is 0 Å². The summed E-state index contributed by atoms with van der Waals surface area (Å²) in [6.45, 7) is 2.06. The molecule has 2 rings (SSSR count). The van der Waals surface area contributed by atoms with Crippen LogP contribution in [0.15, 0.2) is 66.7 Å². The fourth-order valence-corrected chi connectivity index (χ4v) is 2.41. The fourth-order valence-electron chi connectivity index (χ4n) is 2.41. The smallest absolute Gasteiger partial charge is 0.332 e. The normalized spacial score (nSPS) is 12.5. The molecule has 0 fully saturated rings. The molecule has 0 amide bonds. The zero-order valence-corrected chi connectivity index (χ0v) is 13.8. The van der Waals surface area contributed by atoms with E-state index in [0.717, 1.165) is 11.1 Å². The number of ether oxygens (including phenoxy) is 1. The molecule has 0 radical (unpaired) electrons. The van der Waals surface area contributed by atoms with Crippen LogP contribution < -0.4 is 5.32 Å². The van der Waals surface area contributed by atoms with Gasteiger partial charge >= 0.3 is 5.97 Å². The summed E-state index contributed by atoms with van der Waals surface area (Å²) in [4.78, 5) is 11.9. The van der Waals surface area contributed by atoms with E-state index in [2.05, 4.69) is 5.32 Å². The van der Waals surface area contributed by atoms with Gasteiger partial charge in [0.25, 0.3) is 0 Å². The Bertz CT molecular complexity index is 653. The van der Waals surface area contributed by atoms with Gasteiger partial charge in [0.1, 0.15) is 0 Å². The number of carbonyl (C=O) groups excluding carboxylic acids is 1. The standard InChI is InChI=1S/C20H23NO3/c1-2-24-20(23)14-19(17-11-7-4-8-12-17)21-18(15-22)13-16-9-5-3-6-10-16/h3-12,14,18,21-22H,2,13,15H2,1H3/b19-14+. The molecule has 2 aromatic carbocycles. The second kappa shape index (κ2) is 9.53. The number of hydrogen-bond acceptors (Lipinski definition) is 4. The van der Waals surface area contributed by atoms with E-state index in [9.17, 15) is 9.90 Å². The third-order valence-electron chi connectivity index (χ3n) is 3.54. The molecule has 0 aliphatic carbocycles. The molecule has 24 heavy (non-hydrogen) atoms. The second-order valence-corrected chi connectivity index (χ2v) is 5.39. The van der Waals surface area contributed by atoms with Crippen LogP contribution in [0.2, 0.25) is 0 Å². The first-order valence-corrected chi connectivity index (χ1v) is 8.08. The molecule has 1 unspecified atom stereocenters. The summed E-state index contributed by atoms with van der Waals surface area (Å²) in [5.41, 5.74) is 2.63. The van der Waals surface area contributed by atoms with Gasteiger partial charge in [-0.3, -0.25) is 0 Å². The molecule has 0 saturated carbocycles. The third-order valence-corrected chi connectivity index (χ3v) is 3.54. The summed E-state index contributed by atoms with van der Waals surface area (Å²) in [6.07, 6.45) is 2.09. The number of aliphatic hydroxyl groups excluding tert-OH is 1.